The predicted molar refractivity (Wildman–Crippen MR) is 92.8 cm³/mol. The van der Waals surface area contributed by atoms with E-state index in [1.54, 1.807) is 38.3 Å². The Morgan fingerprint density at radius 2 is 1.83 bits per heavy atom. The Balaban J connectivity index is 2.39. The number of nitrogens with one attached hydrogen (secondary N) is 1. The zero-order valence-corrected chi connectivity index (χ0v) is 15.4. The number of amides is 1. The van der Waals surface area contributed by atoms with Crippen molar-refractivity contribution in [2.45, 2.75) is 26.3 Å². The van der Waals surface area contributed by atoms with Crippen molar-refractivity contribution < 1.29 is 22.7 Å². The van der Waals surface area contributed by atoms with Crippen LogP contribution >= 0.6 is 0 Å². The van der Waals surface area contributed by atoms with Crippen molar-refractivity contribution >= 4 is 15.9 Å². The first kappa shape index (κ1) is 20.2. The molecule has 7 nitrogen and oxygen atoms in total. The monoisotopic (exact) mass is 358 g/mol. The van der Waals surface area contributed by atoms with Crippen LogP contribution < -0.4 is 14.8 Å². The minimum atomic E-state index is -3.42. The standard InChI is InChI=1S/C16H26N2O5S/c1-5-13(2)18(24(4,20)21)12-16(19)17-10-11-23-15-8-6-14(22-3)7-9-15/h6-9,13H,5,10-12H2,1-4H3,(H,17,19). The number of ether oxygens (including phenoxy) is 2. The topological polar surface area (TPSA) is 84.9 Å². The Morgan fingerprint density at radius 1 is 1.25 bits per heavy atom. The summed E-state index contributed by atoms with van der Waals surface area (Å²) in [7, 11) is -1.83. The Morgan fingerprint density at radius 3 is 2.33 bits per heavy atom. The fourth-order valence-corrected chi connectivity index (χ4v) is 3.19. The molecule has 1 rings (SSSR count). The van der Waals surface area contributed by atoms with Crippen molar-refractivity contribution in [1.29, 1.82) is 0 Å². The first-order valence-corrected chi connectivity index (χ1v) is 9.63. The van der Waals surface area contributed by atoms with Crippen LogP contribution in [0.3, 0.4) is 0 Å². The van der Waals surface area contributed by atoms with E-state index >= 15 is 0 Å². The van der Waals surface area contributed by atoms with E-state index in [9.17, 15) is 13.2 Å². The van der Waals surface area contributed by atoms with Gasteiger partial charge >= 0.3 is 0 Å². The molecule has 1 atom stereocenters. The number of sulfonamides is 1. The Kier molecular flexibility index (Phi) is 8.00. The van der Waals surface area contributed by atoms with Crippen molar-refractivity contribution in [3.63, 3.8) is 0 Å². The molecule has 1 N–H and O–H groups in total. The summed E-state index contributed by atoms with van der Waals surface area (Å²) in [6.07, 6.45) is 1.75. The molecular weight excluding hydrogens is 332 g/mol. The summed E-state index contributed by atoms with van der Waals surface area (Å²) in [6.45, 7) is 4.06. The third-order valence-electron chi connectivity index (χ3n) is 3.56. The molecule has 0 saturated carbocycles. The molecule has 0 heterocycles. The minimum Gasteiger partial charge on any atom is -0.497 e. The smallest absolute Gasteiger partial charge is 0.235 e. The van der Waals surface area contributed by atoms with Crippen molar-refractivity contribution in [3.8, 4) is 11.5 Å². The largest absolute Gasteiger partial charge is 0.497 e. The van der Waals surface area contributed by atoms with E-state index in [0.29, 0.717) is 25.3 Å². The molecule has 0 radical (unpaired) electrons. The zero-order chi connectivity index (χ0) is 18.2. The second kappa shape index (κ2) is 9.48. The zero-order valence-electron chi connectivity index (χ0n) is 14.6. The first-order valence-electron chi connectivity index (χ1n) is 7.78. The van der Waals surface area contributed by atoms with E-state index in [2.05, 4.69) is 5.32 Å². The number of methoxy groups -OCH3 is 1. The van der Waals surface area contributed by atoms with E-state index < -0.39 is 10.0 Å². The van der Waals surface area contributed by atoms with Gasteiger partial charge in [0, 0.05) is 6.04 Å². The van der Waals surface area contributed by atoms with E-state index in [-0.39, 0.29) is 18.5 Å². The maximum Gasteiger partial charge on any atom is 0.235 e. The van der Waals surface area contributed by atoms with Crippen LogP contribution in [0.5, 0.6) is 11.5 Å². The lowest BCUT2D eigenvalue weighted by Gasteiger charge is -2.25. The van der Waals surface area contributed by atoms with Crippen LogP contribution in [0, 0.1) is 0 Å². The van der Waals surface area contributed by atoms with Gasteiger partial charge in [0.15, 0.2) is 0 Å². The molecule has 0 bridgehead atoms. The van der Waals surface area contributed by atoms with Gasteiger partial charge in [-0.3, -0.25) is 4.79 Å². The van der Waals surface area contributed by atoms with Gasteiger partial charge in [-0.2, -0.15) is 4.31 Å². The van der Waals surface area contributed by atoms with Crippen LogP contribution in [0.1, 0.15) is 20.3 Å². The van der Waals surface area contributed by atoms with Gasteiger partial charge in [-0.1, -0.05) is 6.92 Å². The molecule has 1 amide bonds. The normalized spacial score (nSPS) is 12.7. The van der Waals surface area contributed by atoms with Crippen molar-refractivity contribution in [2.75, 3.05) is 33.1 Å². The van der Waals surface area contributed by atoms with Crippen LogP contribution in [0.15, 0.2) is 24.3 Å². The molecule has 0 aliphatic carbocycles. The molecule has 0 aromatic heterocycles. The lowest BCUT2D eigenvalue weighted by molar-refractivity contribution is -0.121. The third-order valence-corrected chi connectivity index (χ3v) is 4.90. The maximum absolute atomic E-state index is 11.9. The van der Waals surface area contributed by atoms with Gasteiger partial charge in [0.25, 0.3) is 0 Å². The summed E-state index contributed by atoms with van der Waals surface area (Å²) in [5.41, 5.74) is 0. The van der Waals surface area contributed by atoms with Crippen LogP contribution in [-0.4, -0.2) is 57.7 Å². The van der Waals surface area contributed by atoms with E-state index in [1.807, 2.05) is 6.92 Å². The summed E-state index contributed by atoms with van der Waals surface area (Å²) in [5.74, 6) is 1.06. The molecule has 1 unspecified atom stereocenters. The molecule has 0 saturated heterocycles. The molecule has 0 spiro atoms. The SMILES string of the molecule is CCC(C)N(CC(=O)NCCOc1ccc(OC)cc1)S(C)(=O)=O. The number of nitrogens with zero attached hydrogens (tertiary/aromatic N) is 1. The molecule has 136 valence electrons. The highest BCUT2D eigenvalue weighted by molar-refractivity contribution is 7.88. The lowest BCUT2D eigenvalue weighted by Crippen LogP contribution is -2.45. The van der Waals surface area contributed by atoms with Gasteiger partial charge in [-0.05, 0) is 37.6 Å². The maximum atomic E-state index is 11.9. The van der Waals surface area contributed by atoms with Gasteiger partial charge in [-0.25, -0.2) is 8.42 Å². The van der Waals surface area contributed by atoms with Gasteiger partial charge in [-0.15, -0.1) is 0 Å². The Hall–Kier alpha value is -1.80. The lowest BCUT2D eigenvalue weighted by atomic mass is 10.2. The van der Waals surface area contributed by atoms with Crippen LogP contribution in [0.4, 0.5) is 0 Å². The van der Waals surface area contributed by atoms with Crippen LogP contribution in [0.25, 0.3) is 0 Å². The molecule has 8 heteroatoms. The number of hydrogen-bond donors (Lipinski definition) is 1. The third kappa shape index (κ3) is 6.76. The molecule has 24 heavy (non-hydrogen) atoms. The summed E-state index contributed by atoms with van der Waals surface area (Å²) in [5, 5.41) is 2.66. The van der Waals surface area contributed by atoms with E-state index in [4.69, 9.17) is 9.47 Å². The fourth-order valence-electron chi connectivity index (χ4n) is 2.03. The molecule has 0 aliphatic heterocycles. The van der Waals surface area contributed by atoms with Crippen LogP contribution in [-0.2, 0) is 14.8 Å². The van der Waals surface area contributed by atoms with Gasteiger partial charge in [0.1, 0.15) is 18.1 Å². The number of carbonyl (C=O) groups is 1. The minimum absolute atomic E-state index is 0.184. The second-order valence-corrected chi connectivity index (χ2v) is 7.37. The summed E-state index contributed by atoms with van der Waals surface area (Å²) >= 11 is 0. The molecule has 1 aromatic rings. The average Bonchev–Trinajstić information content (AvgIpc) is 2.55. The fraction of sp³-hybridized carbons (Fsp3) is 0.562. The summed E-state index contributed by atoms with van der Waals surface area (Å²) in [4.78, 5) is 11.9. The highest BCUT2D eigenvalue weighted by Gasteiger charge is 2.24. The van der Waals surface area contributed by atoms with Crippen molar-refractivity contribution in [3.05, 3.63) is 24.3 Å². The molecule has 0 aliphatic rings. The highest BCUT2D eigenvalue weighted by atomic mass is 32.2. The van der Waals surface area contributed by atoms with Crippen molar-refractivity contribution in [1.82, 2.24) is 9.62 Å². The summed E-state index contributed by atoms with van der Waals surface area (Å²) < 4.78 is 35.2. The first-order chi connectivity index (χ1) is 11.3. The van der Waals surface area contributed by atoms with Gasteiger partial charge < -0.3 is 14.8 Å². The second-order valence-electron chi connectivity index (χ2n) is 5.44. The highest BCUT2D eigenvalue weighted by Crippen LogP contribution is 2.16. The van der Waals surface area contributed by atoms with Gasteiger partial charge in [0.2, 0.25) is 15.9 Å². The molecule has 1 aromatic carbocycles. The number of carbonyl (C=O) groups excluding carboxylic acids is 1. The van der Waals surface area contributed by atoms with E-state index in [0.717, 1.165) is 12.0 Å². The van der Waals surface area contributed by atoms with Gasteiger partial charge in [0.05, 0.1) is 26.5 Å². The number of rotatable bonds is 10. The summed E-state index contributed by atoms with van der Waals surface area (Å²) in [6, 6.07) is 6.89. The number of hydrogen-bond acceptors (Lipinski definition) is 5. The molecule has 0 fully saturated rings. The predicted octanol–water partition coefficient (Wildman–Crippen LogP) is 1.25. The number of benzene rings is 1. The Labute approximate surface area is 144 Å². The average molecular weight is 358 g/mol. The van der Waals surface area contributed by atoms with E-state index in [1.165, 1.54) is 4.31 Å². The van der Waals surface area contributed by atoms with Crippen LogP contribution in [0.2, 0.25) is 0 Å². The molecular formula is C16H26N2O5S. The van der Waals surface area contributed by atoms with Crippen molar-refractivity contribution in [2.24, 2.45) is 0 Å². The Bertz CT molecular complexity index is 616. The quantitative estimate of drug-likeness (QED) is 0.636.